The molecule has 8 nitrogen and oxygen atoms in total. The van der Waals surface area contributed by atoms with E-state index in [0.29, 0.717) is 29.9 Å². The first-order chi connectivity index (χ1) is 20.9. The molecule has 234 valence electrons. The number of halogens is 2. The average Bonchev–Trinajstić information content (AvgIpc) is 3.42. The Kier molecular flexibility index (Phi) is 10.7. The maximum atomic E-state index is 13.8. The first kappa shape index (κ1) is 32.6. The lowest BCUT2D eigenvalue weighted by Gasteiger charge is -2.30. The monoisotopic (exact) mass is 605 g/mol. The molecule has 3 aromatic carbocycles. The summed E-state index contributed by atoms with van der Waals surface area (Å²) in [6.45, 7) is 10.6. The number of carbonyl (C=O) groups excluding carboxylic acids is 3. The number of amides is 4. The van der Waals surface area contributed by atoms with E-state index < -0.39 is 17.7 Å². The number of hydrogen-bond donors (Lipinski definition) is 3. The molecule has 1 aliphatic rings. The van der Waals surface area contributed by atoms with Crippen LogP contribution < -0.4 is 16.0 Å². The lowest BCUT2D eigenvalue weighted by molar-refractivity contribution is -0.117. The molecule has 1 fully saturated rings. The third-order valence-corrected chi connectivity index (χ3v) is 7.52. The van der Waals surface area contributed by atoms with E-state index >= 15 is 0 Å². The van der Waals surface area contributed by atoms with Gasteiger partial charge in [-0.1, -0.05) is 52.0 Å². The second-order valence-electron chi connectivity index (χ2n) is 12.3. The Labute approximate surface area is 257 Å². The molecular formula is C34H41F2N5O3. The van der Waals surface area contributed by atoms with Crippen LogP contribution >= 0.6 is 0 Å². The van der Waals surface area contributed by atoms with Gasteiger partial charge in [0, 0.05) is 42.9 Å². The third-order valence-electron chi connectivity index (χ3n) is 7.52. The summed E-state index contributed by atoms with van der Waals surface area (Å²) in [4.78, 5) is 42.9. The van der Waals surface area contributed by atoms with Crippen LogP contribution in [0.25, 0.3) is 0 Å². The van der Waals surface area contributed by atoms with Gasteiger partial charge < -0.3 is 20.9 Å². The predicted molar refractivity (Wildman–Crippen MR) is 170 cm³/mol. The van der Waals surface area contributed by atoms with E-state index in [4.69, 9.17) is 0 Å². The van der Waals surface area contributed by atoms with Crippen molar-refractivity contribution in [3.8, 4) is 0 Å². The molecule has 1 atom stereocenters. The van der Waals surface area contributed by atoms with Gasteiger partial charge in [0.1, 0.15) is 0 Å². The van der Waals surface area contributed by atoms with Crippen molar-refractivity contribution >= 4 is 34.9 Å². The predicted octanol–water partition coefficient (Wildman–Crippen LogP) is 7.11. The van der Waals surface area contributed by atoms with Gasteiger partial charge in [0.25, 0.3) is 5.91 Å². The Balaban J connectivity index is 1.45. The molecule has 1 heterocycles. The lowest BCUT2D eigenvalue weighted by atomic mass is 9.92. The number of likely N-dealkylation sites (N-methyl/N-ethyl adjacent to an activating group) is 1. The molecule has 4 rings (SSSR count). The molecule has 0 bridgehead atoms. The Morgan fingerprint density at radius 2 is 1.59 bits per heavy atom. The van der Waals surface area contributed by atoms with Gasteiger partial charge in [0.15, 0.2) is 11.6 Å². The maximum absolute atomic E-state index is 13.8. The van der Waals surface area contributed by atoms with Crippen LogP contribution in [-0.4, -0.2) is 53.3 Å². The SMILES string of the molecule is CCN1CCCC1CN(Cc1ccc(C(=O)Nc2ccccc2NC(=O)CC(C)(C)C)cc1)C(=O)Nc1ccc(F)c(F)c1. The van der Waals surface area contributed by atoms with Crippen LogP contribution in [0.4, 0.5) is 30.6 Å². The van der Waals surface area contributed by atoms with Gasteiger partial charge >= 0.3 is 6.03 Å². The summed E-state index contributed by atoms with van der Waals surface area (Å²) < 4.78 is 27.2. The van der Waals surface area contributed by atoms with Gasteiger partial charge in [-0.15, -0.1) is 0 Å². The molecule has 3 aromatic rings. The van der Waals surface area contributed by atoms with Crippen molar-refractivity contribution in [1.29, 1.82) is 0 Å². The number of anilines is 3. The molecule has 0 aromatic heterocycles. The normalized spacial score (nSPS) is 15.1. The van der Waals surface area contributed by atoms with E-state index in [1.54, 1.807) is 53.4 Å². The summed E-state index contributed by atoms with van der Waals surface area (Å²) in [6, 6.07) is 17.0. The van der Waals surface area contributed by atoms with Crippen LogP contribution in [0.3, 0.4) is 0 Å². The Morgan fingerprint density at radius 1 is 0.909 bits per heavy atom. The van der Waals surface area contributed by atoms with Crippen LogP contribution in [0.2, 0.25) is 0 Å². The minimum Gasteiger partial charge on any atom is -0.324 e. The zero-order chi connectivity index (χ0) is 31.9. The van der Waals surface area contributed by atoms with E-state index in [-0.39, 0.29) is 35.5 Å². The topological polar surface area (TPSA) is 93.8 Å². The van der Waals surface area contributed by atoms with Crippen LogP contribution in [0.15, 0.2) is 66.7 Å². The molecule has 1 unspecified atom stereocenters. The molecule has 44 heavy (non-hydrogen) atoms. The van der Waals surface area contributed by atoms with Gasteiger partial charge in [-0.3, -0.25) is 14.5 Å². The number of nitrogens with one attached hydrogen (secondary N) is 3. The molecule has 1 aliphatic heterocycles. The molecular weight excluding hydrogens is 564 g/mol. The summed E-state index contributed by atoms with van der Waals surface area (Å²) in [5, 5.41) is 8.46. The zero-order valence-electron chi connectivity index (χ0n) is 25.8. The van der Waals surface area contributed by atoms with Crippen molar-refractivity contribution in [3.05, 3.63) is 89.5 Å². The number of hydrogen-bond acceptors (Lipinski definition) is 4. The van der Waals surface area contributed by atoms with E-state index in [1.165, 1.54) is 6.07 Å². The zero-order valence-corrected chi connectivity index (χ0v) is 25.8. The summed E-state index contributed by atoms with van der Waals surface area (Å²) in [5.41, 5.74) is 2.21. The number of benzene rings is 3. The lowest BCUT2D eigenvalue weighted by Crippen LogP contribution is -2.44. The second kappa shape index (κ2) is 14.4. The van der Waals surface area contributed by atoms with Gasteiger partial charge in [-0.2, -0.15) is 0 Å². The standard InChI is InChI=1S/C34H41F2N5O3/c1-5-40-18-8-9-26(40)22-41(33(44)37-25-16-17-27(35)28(36)19-25)21-23-12-14-24(15-13-23)32(43)39-30-11-7-6-10-29(30)38-31(42)20-34(2,3)4/h6-7,10-17,19,26H,5,8-9,18,20-22H2,1-4H3,(H,37,44)(H,38,42)(H,39,43). The minimum absolute atomic E-state index is 0.138. The second-order valence-corrected chi connectivity index (χ2v) is 12.3. The van der Waals surface area contributed by atoms with E-state index in [1.807, 2.05) is 20.8 Å². The summed E-state index contributed by atoms with van der Waals surface area (Å²) >= 11 is 0. The highest BCUT2D eigenvalue weighted by Gasteiger charge is 2.27. The highest BCUT2D eigenvalue weighted by Crippen LogP contribution is 2.25. The van der Waals surface area contributed by atoms with E-state index in [2.05, 4.69) is 27.8 Å². The first-order valence-electron chi connectivity index (χ1n) is 15.0. The van der Waals surface area contributed by atoms with E-state index in [0.717, 1.165) is 43.6 Å². The fraction of sp³-hybridized carbons (Fsp3) is 0.382. The Morgan fingerprint density at radius 3 is 2.23 bits per heavy atom. The number of para-hydroxylation sites is 2. The number of rotatable bonds is 10. The minimum atomic E-state index is -1.04. The van der Waals surface area contributed by atoms with E-state index in [9.17, 15) is 23.2 Å². The fourth-order valence-corrected chi connectivity index (χ4v) is 5.32. The Hall–Kier alpha value is -4.31. The molecule has 0 aliphatic carbocycles. The van der Waals surface area contributed by atoms with Crippen molar-refractivity contribution < 1.29 is 23.2 Å². The van der Waals surface area contributed by atoms with Crippen molar-refractivity contribution in [2.24, 2.45) is 5.41 Å². The van der Waals surface area contributed by atoms with Crippen molar-refractivity contribution in [2.45, 2.75) is 59.5 Å². The van der Waals surface area contributed by atoms with Crippen LogP contribution in [-0.2, 0) is 11.3 Å². The molecule has 10 heteroatoms. The van der Waals surface area contributed by atoms with Gasteiger partial charge in [-0.05, 0) is 73.3 Å². The number of nitrogens with zero attached hydrogens (tertiary/aromatic N) is 2. The Bertz CT molecular complexity index is 1470. The molecule has 1 saturated heterocycles. The molecule has 0 radical (unpaired) electrons. The van der Waals surface area contributed by atoms with Crippen molar-refractivity contribution in [2.75, 3.05) is 35.6 Å². The third kappa shape index (κ3) is 9.09. The molecule has 3 N–H and O–H groups in total. The van der Waals surface area contributed by atoms with Gasteiger partial charge in [0.2, 0.25) is 5.91 Å². The summed E-state index contributed by atoms with van der Waals surface area (Å²) in [7, 11) is 0. The van der Waals surface area contributed by atoms with Gasteiger partial charge in [-0.25, -0.2) is 13.6 Å². The highest BCUT2D eigenvalue weighted by molar-refractivity contribution is 6.07. The number of urea groups is 1. The van der Waals surface area contributed by atoms with Crippen LogP contribution in [0.1, 0.15) is 62.9 Å². The fourth-order valence-electron chi connectivity index (χ4n) is 5.32. The number of carbonyl (C=O) groups is 3. The average molecular weight is 606 g/mol. The largest absolute Gasteiger partial charge is 0.324 e. The maximum Gasteiger partial charge on any atom is 0.322 e. The van der Waals surface area contributed by atoms with Crippen molar-refractivity contribution in [1.82, 2.24) is 9.80 Å². The van der Waals surface area contributed by atoms with Gasteiger partial charge in [0.05, 0.1) is 11.4 Å². The summed E-state index contributed by atoms with van der Waals surface area (Å²) in [5.74, 6) is -2.50. The quantitative estimate of drug-likeness (QED) is 0.230. The molecule has 0 spiro atoms. The summed E-state index contributed by atoms with van der Waals surface area (Å²) in [6.07, 6.45) is 2.34. The van der Waals surface area contributed by atoms with Crippen molar-refractivity contribution in [3.63, 3.8) is 0 Å². The first-order valence-corrected chi connectivity index (χ1v) is 15.0. The smallest absolute Gasteiger partial charge is 0.322 e. The van der Waals surface area contributed by atoms with Crippen LogP contribution in [0, 0.1) is 17.0 Å². The highest BCUT2D eigenvalue weighted by atomic mass is 19.2. The molecule has 4 amide bonds. The molecule has 0 saturated carbocycles. The van der Waals surface area contributed by atoms with Crippen LogP contribution in [0.5, 0.6) is 0 Å². The number of likely N-dealkylation sites (tertiary alicyclic amines) is 1.